The number of rotatable bonds is 17. The molecule has 0 fully saturated rings. The largest absolute Gasteiger partial charge is 1.00 e. The van der Waals surface area contributed by atoms with E-state index in [1.807, 2.05) is 18.2 Å². The number of fused-ring (bicyclic) bond motifs is 4. The van der Waals surface area contributed by atoms with Gasteiger partial charge in [-0.1, -0.05) is 116 Å². The van der Waals surface area contributed by atoms with E-state index in [-0.39, 0.29) is 111 Å². The van der Waals surface area contributed by atoms with E-state index in [0.717, 1.165) is 110 Å². The van der Waals surface area contributed by atoms with Crippen molar-refractivity contribution in [2.24, 2.45) is 0 Å². The molecule has 0 atom stereocenters. The standard InChI is InChI=1S/C20H28N4.C15H25N.C7H7Br2N.C7H7NO2.CH2O3.2K.H/c1-3-11-23-13-17-7-5-9-19(21-17)15-24(12-4-2)16-20-10-6-8-18(14-23)22-20;1-3-5-7-10-14-12-9-13-15(16-14)11-8-6-4-2;8-4-6-2-1-3-7(5-9)10-6;1-10-7-4-2-3-6(5-9)8-7;2-1-4-3;;;/h5-10H,3-4,11-16H2,1-2H3;9,12-13H,3-8,10-11H2,1-2H3;1-3H,4-5H2;2-5H,1H3;1,3H;;;/q;;;;;2*+1;-1/p-1. The summed E-state index contributed by atoms with van der Waals surface area (Å²) in [6.45, 7) is 14.5. The van der Waals surface area contributed by atoms with Crippen LogP contribution >= 0.6 is 31.9 Å². The Morgan fingerprint density at radius 3 is 1.29 bits per heavy atom. The van der Waals surface area contributed by atoms with E-state index in [1.165, 1.54) is 57.0 Å². The van der Waals surface area contributed by atoms with Crippen LogP contribution in [0.4, 0.5) is 0 Å². The molecule has 16 heteroatoms. The molecule has 5 aromatic heterocycles. The second-order valence-corrected chi connectivity index (χ2v) is 16.1. The van der Waals surface area contributed by atoms with Crippen LogP contribution in [0.2, 0.25) is 0 Å². The number of alkyl halides is 2. The monoisotopic (exact) mass is 1080 g/mol. The Kier molecular flexibility index (Phi) is 41.9. The fraction of sp³-hybridized carbons (Fsp3) is 0.460. The van der Waals surface area contributed by atoms with Gasteiger partial charge in [0, 0.05) is 54.3 Å². The van der Waals surface area contributed by atoms with Crippen LogP contribution in [0.1, 0.15) is 137 Å². The molecule has 0 saturated carbocycles. The molecule has 350 valence electrons. The van der Waals surface area contributed by atoms with Gasteiger partial charge in [0.2, 0.25) is 5.88 Å². The number of aromatic nitrogens is 5. The Morgan fingerprint density at radius 2 is 0.939 bits per heavy atom. The van der Waals surface area contributed by atoms with Gasteiger partial charge in [0.05, 0.1) is 41.3 Å². The average Bonchev–Trinajstić information content (AvgIpc) is 3.32. The molecule has 0 radical (unpaired) electrons. The summed E-state index contributed by atoms with van der Waals surface area (Å²) in [5, 5.41) is 10.1. The Hall–Kier alpha value is -1.20. The molecule has 0 aromatic carbocycles. The van der Waals surface area contributed by atoms with Gasteiger partial charge in [-0.25, -0.2) is 4.98 Å². The zero-order chi connectivity index (χ0) is 46.6. The Bertz CT molecular complexity index is 1870. The van der Waals surface area contributed by atoms with Crippen molar-refractivity contribution < 1.29 is 129 Å². The van der Waals surface area contributed by atoms with Gasteiger partial charge in [-0.2, -0.15) is 0 Å². The number of carbonyl (C=O) groups excluding carboxylic acids is 2. The maximum absolute atomic E-state index is 10.2. The van der Waals surface area contributed by atoms with Gasteiger partial charge < -0.3 is 16.3 Å². The molecular formula is C50H69Br2K2N7O5. The Balaban J connectivity index is 0. The van der Waals surface area contributed by atoms with Crippen LogP contribution in [0.5, 0.6) is 5.88 Å². The van der Waals surface area contributed by atoms with Crippen LogP contribution in [0, 0.1) is 0 Å². The van der Waals surface area contributed by atoms with Crippen LogP contribution in [0.3, 0.4) is 0 Å². The normalized spacial score (nSPS) is 11.7. The minimum Gasteiger partial charge on any atom is -1.00 e. The molecule has 0 aliphatic carbocycles. The number of ether oxygens (including phenoxy) is 1. The predicted molar refractivity (Wildman–Crippen MR) is 262 cm³/mol. The fourth-order valence-electron chi connectivity index (χ4n) is 6.60. The summed E-state index contributed by atoms with van der Waals surface area (Å²) < 4.78 is 4.79. The van der Waals surface area contributed by atoms with Crippen molar-refractivity contribution >= 4 is 44.6 Å². The second kappa shape index (κ2) is 42.7. The summed E-state index contributed by atoms with van der Waals surface area (Å²) in [6.07, 6.45) is 13.0. The number of nitrogens with zero attached hydrogens (tertiary/aromatic N) is 7. The van der Waals surface area contributed by atoms with Crippen molar-refractivity contribution in [1.82, 2.24) is 34.7 Å². The van der Waals surface area contributed by atoms with Gasteiger partial charge in [-0.05, 0) is 106 Å². The van der Waals surface area contributed by atoms with E-state index in [4.69, 9.17) is 29.7 Å². The average molecular weight is 1090 g/mol. The third kappa shape index (κ3) is 29.7. The van der Waals surface area contributed by atoms with Gasteiger partial charge >= 0.3 is 103 Å². The minimum atomic E-state index is -0.181. The van der Waals surface area contributed by atoms with Crippen molar-refractivity contribution in [1.29, 1.82) is 0 Å². The summed E-state index contributed by atoms with van der Waals surface area (Å²) in [4.78, 5) is 49.0. The van der Waals surface area contributed by atoms with Crippen molar-refractivity contribution in [2.75, 3.05) is 20.2 Å². The molecule has 5 aromatic rings. The number of hydrogen-bond acceptors (Lipinski definition) is 12. The zero-order valence-corrected chi connectivity index (χ0v) is 49.9. The first kappa shape index (κ1) is 64.8. The third-order valence-electron chi connectivity index (χ3n) is 9.54. The molecule has 0 amide bonds. The van der Waals surface area contributed by atoms with E-state index in [0.29, 0.717) is 17.9 Å². The Labute approximate surface area is 498 Å². The molecule has 0 saturated heterocycles. The van der Waals surface area contributed by atoms with Crippen LogP contribution in [-0.4, -0.2) is 67.7 Å². The minimum absolute atomic E-state index is 0. The summed E-state index contributed by atoms with van der Waals surface area (Å²) >= 11 is 6.69. The quantitative estimate of drug-likeness (QED) is 0.0323. The van der Waals surface area contributed by atoms with Gasteiger partial charge in [0.15, 0.2) is 6.29 Å². The topological polar surface area (TPSA) is 147 Å². The molecule has 12 nitrogen and oxygen atoms in total. The van der Waals surface area contributed by atoms with E-state index in [1.54, 1.807) is 18.2 Å². The maximum atomic E-state index is 10.2. The smallest absolute Gasteiger partial charge is 1.00 e. The van der Waals surface area contributed by atoms with Gasteiger partial charge in [0.25, 0.3) is 6.47 Å². The molecule has 4 bridgehead atoms. The van der Waals surface area contributed by atoms with Gasteiger partial charge in [0.1, 0.15) is 5.69 Å². The Morgan fingerprint density at radius 1 is 0.561 bits per heavy atom. The molecule has 1 aliphatic heterocycles. The summed E-state index contributed by atoms with van der Waals surface area (Å²) in [7, 11) is 1.51. The van der Waals surface area contributed by atoms with Gasteiger partial charge in [-0.15, -0.1) is 0 Å². The molecule has 6 rings (SSSR count). The maximum Gasteiger partial charge on any atom is 1.00 e. The molecule has 0 spiro atoms. The van der Waals surface area contributed by atoms with E-state index in [9.17, 15) is 4.79 Å². The first-order chi connectivity index (χ1) is 31.3. The number of hydrogen-bond donors (Lipinski definition) is 0. The summed E-state index contributed by atoms with van der Waals surface area (Å²) in [5.74, 6) is 0.463. The third-order valence-corrected chi connectivity index (χ3v) is 10.7. The van der Waals surface area contributed by atoms with Crippen molar-refractivity contribution in [3.05, 3.63) is 142 Å². The molecular weight excluding hydrogens is 1020 g/mol. The predicted octanol–water partition coefficient (Wildman–Crippen LogP) is 4.49. The molecule has 0 N–H and O–H groups in total. The van der Waals surface area contributed by atoms with E-state index >= 15 is 0 Å². The molecule has 66 heavy (non-hydrogen) atoms. The van der Waals surface area contributed by atoms with Crippen LogP contribution in [0.25, 0.3) is 0 Å². The molecule has 0 unspecified atom stereocenters. The number of carbonyl (C=O) groups is 2. The number of halogens is 2. The SMILES string of the molecule is BrCc1cccc(CBr)n1.CCCCCc1cccc(CCCCC)n1.CCCN1Cc2cccc(n2)CN(CCC)Cc2cccc(n2)C1.COc1cccc(C=O)n1.O=CO[O-].[H-].[K+].[K+]. The van der Waals surface area contributed by atoms with E-state index < -0.39 is 0 Å². The first-order valence-electron chi connectivity index (χ1n) is 22.3. The number of unbranched alkanes of at least 4 members (excludes halogenated alkanes) is 4. The van der Waals surface area contributed by atoms with Gasteiger partial charge in [-0.3, -0.25) is 39.3 Å². The van der Waals surface area contributed by atoms with Crippen LogP contribution in [-0.2, 0) is 59.4 Å². The van der Waals surface area contributed by atoms with E-state index in [2.05, 4.69) is 139 Å². The fourth-order valence-corrected chi connectivity index (χ4v) is 7.22. The van der Waals surface area contributed by atoms with Crippen molar-refractivity contribution in [3.63, 3.8) is 0 Å². The summed E-state index contributed by atoms with van der Waals surface area (Å²) in [6, 6.07) is 30.4. The first-order valence-corrected chi connectivity index (χ1v) is 24.6. The zero-order valence-electron chi connectivity index (χ0n) is 41.5. The van der Waals surface area contributed by atoms with Crippen molar-refractivity contribution in [2.45, 2.75) is 129 Å². The van der Waals surface area contributed by atoms with Crippen molar-refractivity contribution in [3.8, 4) is 5.88 Å². The number of methoxy groups -OCH3 is 1. The molecule has 6 heterocycles. The number of pyridine rings is 5. The second-order valence-electron chi connectivity index (χ2n) is 15.0. The molecule has 1 aliphatic rings. The van der Waals surface area contributed by atoms with Crippen LogP contribution in [0.15, 0.2) is 91.0 Å². The number of aldehydes is 1. The number of aryl methyl sites for hydroxylation is 2. The summed E-state index contributed by atoms with van der Waals surface area (Å²) in [5.41, 5.74) is 9.75. The van der Waals surface area contributed by atoms with Crippen LogP contribution < -0.4 is 113 Å².